The predicted molar refractivity (Wildman–Crippen MR) is 57.7 cm³/mol. The first-order chi connectivity index (χ1) is 6.38. The molecule has 0 spiro atoms. The molecule has 14 heavy (non-hydrogen) atoms. The molecule has 1 amide bonds. The van der Waals surface area contributed by atoms with Crippen molar-refractivity contribution in [1.29, 1.82) is 0 Å². The van der Waals surface area contributed by atoms with Gasteiger partial charge in [0.25, 0.3) is 5.91 Å². The van der Waals surface area contributed by atoms with Gasteiger partial charge in [0.15, 0.2) is 0 Å². The van der Waals surface area contributed by atoms with Crippen molar-refractivity contribution in [2.45, 2.75) is 26.3 Å². The van der Waals surface area contributed by atoms with E-state index >= 15 is 0 Å². The molecular weight excluding hydrogens is 198 g/mol. The van der Waals surface area contributed by atoms with E-state index in [1.807, 2.05) is 20.8 Å². The molecule has 0 saturated carbocycles. The number of amides is 1. The highest BCUT2D eigenvalue weighted by molar-refractivity contribution is 6.30. The van der Waals surface area contributed by atoms with E-state index in [-0.39, 0.29) is 11.4 Å². The molecule has 0 atom stereocenters. The predicted octanol–water partition coefficient (Wildman–Crippen LogP) is 2.32. The van der Waals surface area contributed by atoms with Crippen LogP contribution in [0.2, 0.25) is 0 Å². The van der Waals surface area contributed by atoms with Gasteiger partial charge in [0, 0.05) is 5.54 Å². The Bertz CT molecular complexity index is 330. The minimum absolute atomic E-state index is 0.130. The number of hydrogen-bond acceptors (Lipinski definition) is 1. The zero-order chi connectivity index (χ0) is 10.8. The second kappa shape index (κ2) is 4.04. The van der Waals surface area contributed by atoms with E-state index in [0.29, 0.717) is 11.0 Å². The Morgan fingerprint density at radius 2 is 2.07 bits per heavy atom. The van der Waals surface area contributed by atoms with E-state index in [1.165, 1.54) is 0 Å². The standard InChI is InChI=1S/C11H13ClNO/c1-11(2,3)13-10(14)8-4-6-9(12)7-5-8/h4,6-7H,1-3H3,(H,13,14). The highest BCUT2D eigenvalue weighted by atomic mass is 35.5. The minimum atomic E-state index is -0.232. The van der Waals surface area contributed by atoms with Crippen LogP contribution in [0.5, 0.6) is 0 Å². The van der Waals surface area contributed by atoms with Crippen LogP contribution in [-0.2, 0) is 4.79 Å². The topological polar surface area (TPSA) is 29.1 Å². The fourth-order valence-corrected chi connectivity index (χ4v) is 1.07. The van der Waals surface area contributed by atoms with Gasteiger partial charge in [0.2, 0.25) is 0 Å². The average Bonchev–Trinajstić information content (AvgIpc) is 2.02. The van der Waals surface area contributed by atoms with Gasteiger partial charge in [-0.25, -0.2) is 0 Å². The lowest BCUT2D eigenvalue weighted by atomic mass is 10.1. The summed E-state index contributed by atoms with van der Waals surface area (Å²) in [5, 5.41) is 3.42. The summed E-state index contributed by atoms with van der Waals surface area (Å²) < 4.78 is 0. The van der Waals surface area contributed by atoms with Gasteiger partial charge in [0.05, 0.1) is 5.57 Å². The van der Waals surface area contributed by atoms with Crippen molar-refractivity contribution in [3.8, 4) is 0 Å². The van der Waals surface area contributed by atoms with Crippen molar-refractivity contribution in [2.75, 3.05) is 0 Å². The number of carbonyl (C=O) groups is 1. The first-order valence-corrected chi connectivity index (χ1v) is 4.76. The molecule has 0 aromatic carbocycles. The average molecular weight is 211 g/mol. The quantitative estimate of drug-likeness (QED) is 0.662. The monoisotopic (exact) mass is 210 g/mol. The molecule has 75 valence electrons. The van der Waals surface area contributed by atoms with Gasteiger partial charge < -0.3 is 5.32 Å². The van der Waals surface area contributed by atoms with Gasteiger partial charge in [-0.05, 0) is 32.9 Å². The summed E-state index contributed by atoms with van der Waals surface area (Å²) in [4.78, 5) is 11.6. The van der Waals surface area contributed by atoms with Crippen molar-refractivity contribution in [1.82, 2.24) is 5.32 Å². The van der Waals surface area contributed by atoms with Crippen molar-refractivity contribution in [2.24, 2.45) is 0 Å². The smallest absolute Gasteiger partial charge is 0.259 e. The van der Waals surface area contributed by atoms with Gasteiger partial charge >= 0.3 is 0 Å². The van der Waals surface area contributed by atoms with Gasteiger partial charge in [-0.15, -0.1) is 17.3 Å². The number of nitrogens with one attached hydrogen (secondary N) is 1. The Kier molecular flexibility index (Phi) is 3.20. The zero-order valence-corrected chi connectivity index (χ0v) is 9.27. The van der Waals surface area contributed by atoms with Crippen molar-refractivity contribution >= 4 is 17.5 Å². The largest absolute Gasteiger partial charge is 0.347 e. The maximum atomic E-state index is 11.6. The van der Waals surface area contributed by atoms with E-state index < -0.39 is 0 Å². The van der Waals surface area contributed by atoms with Crippen LogP contribution in [0, 0.1) is 5.38 Å². The molecule has 0 unspecified atom stereocenters. The van der Waals surface area contributed by atoms with E-state index in [4.69, 9.17) is 11.6 Å². The fourth-order valence-electron chi connectivity index (χ4n) is 0.955. The molecule has 0 saturated heterocycles. The summed E-state index contributed by atoms with van der Waals surface area (Å²) in [6.07, 6.45) is 4.91. The van der Waals surface area contributed by atoms with Crippen LogP contribution < -0.4 is 5.32 Å². The normalized spacial score (nSPS) is 16.7. The van der Waals surface area contributed by atoms with E-state index in [1.54, 1.807) is 18.2 Å². The molecule has 1 aliphatic rings. The first kappa shape index (κ1) is 11.1. The SMILES string of the molecule is CC(C)(C)NC(=O)C1=C=C[C](Cl)C=C1. The highest BCUT2D eigenvalue weighted by Gasteiger charge is 2.16. The van der Waals surface area contributed by atoms with Crippen LogP contribution in [-0.4, -0.2) is 11.4 Å². The van der Waals surface area contributed by atoms with Crippen LogP contribution in [0.25, 0.3) is 0 Å². The van der Waals surface area contributed by atoms with Gasteiger partial charge in [-0.3, -0.25) is 4.79 Å². The molecule has 0 aromatic rings. The van der Waals surface area contributed by atoms with Gasteiger partial charge in [-0.1, -0.05) is 6.08 Å². The second-order valence-electron chi connectivity index (χ2n) is 4.12. The van der Waals surface area contributed by atoms with Crippen LogP contribution in [0.3, 0.4) is 0 Å². The first-order valence-electron chi connectivity index (χ1n) is 4.38. The lowest BCUT2D eigenvalue weighted by molar-refractivity contribution is -0.118. The fraction of sp³-hybridized carbons (Fsp3) is 0.364. The van der Waals surface area contributed by atoms with Crippen molar-refractivity contribution in [3.05, 3.63) is 34.9 Å². The van der Waals surface area contributed by atoms with Crippen LogP contribution in [0.1, 0.15) is 20.8 Å². The zero-order valence-electron chi connectivity index (χ0n) is 8.52. The van der Waals surface area contributed by atoms with Crippen LogP contribution in [0.15, 0.2) is 29.5 Å². The number of halogens is 1. The van der Waals surface area contributed by atoms with Gasteiger partial charge in [0.1, 0.15) is 5.38 Å². The maximum absolute atomic E-state index is 11.6. The number of allylic oxidation sites excluding steroid dienone is 1. The molecule has 0 fully saturated rings. The molecule has 0 aliphatic heterocycles. The minimum Gasteiger partial charge on any atom is -0.347 e. The Morgan fingerprint density at radius 3 is 2.50 bits per heavy atom. The molecule has 0 heterocycles. The molecule has 2 nitrogen and oxygen atoms in total. The Hall–Kier alpha value is -0.980. The lowest BCUT2D eigenvalue weighted by Gasteiger charge is -2.20. The molecule has 0 bridgehead atoms. The molecule has 1 aliphatic carbocycles. The summed E-state index contributed by atoms with van der Waals surface area (Å²) in [6.45, 7) is 5.79. The third kappa shape index (κ3) is 3.41. The van der Waals surface area contributed by atoms with Crippen LogP contribution >= 0.6 is 11.6 Å². The van der Waals surface area contributed by atoms with Crippen LogP contribution in [0.4, 0.5) is 0 Å². The lowest BCUT2D eigenvalue weighted by Crippen LogP contribution is -2.41. The van der Waals surface area contributed by atoms with Crippen molar-refractivity contribution < 1.29 is 4.79 Å². The molecule has 0 aromatic heterocycles. The molecular formula is C11H13ClNO. The van der Waals surface area contributed by atoms with Crippen molar-refractivity contribution in [3.63, 3.8) is 0 Å². The van der Waals surface area contributed by atoms with E-state index in [2.05, 4.69) is 11.0 Å². The summed E-state index contributed by atoms with van der Waals surface area (Å²) in [5.74, 6) is -0.130. The molecule has 1 radical (unpaired) electrons. The van der Waals surface area contributed by atoms with E-state index in [9.17, 15) is 4.79 Å². The molecule has 1 rings (SSSR count). The second-order valence-corrected chi connectivity index (χ2v) is 4.56. The summed E-state index contributed by atoms with van der Waals surface area (Å²) in [6, 6.07) is 0. The summed E-state index contributed by atoms with van der Waals surface area (Å²) in [7, 11) is 0. The van der Waals surface area contributed by atoms with Gasteiger partial charge in [-0.2, -0.15) is 0 Å². The molecule has 1 N–H and O–H groups in total. The Labute approximate surface area is 89.3 Å². The highest BCUT2D eigenvalue weighted by Crippen LogP contribution is 2.16. The molecule has 3 heteroatoms. The number of carbonyl (C=O) groups excluding carboxylic acids is 1. The summed E-state index contributed by atoms with van der Waals surface area (Å²) >= 11 is 5.69. The third-order valence-electron chi connectivity index (χ3n) is 1.51. The third-order valence-corrected chi connectivity index (χ3v) is 1.74. The summed E-state index contributed by atoms with van der Waals surface area (Å²) in [5.41, 5.74) is 3.09. The Morgan fingerprint density at radius 1 is 1.43 bits per heavy atom. The number of rotatable bonds is 1. The Balaban J connectivity index is 2.73. The maximum Gasteiger partial charge on any atom is 0.259 e. The van der Waals surface area contributed by atoms with E-state index in [0.717, 1.165) is 0 Å². The number of hydrogen-bond donors (Lipinski definition) is 1.